The third-order valence-corrected chi connectivity index (χ3v) is 9.03. The fraction of sp³-hybridized carbons (Fsp3) is 0.467. The van der Waals surface area contributed by atoms with Gasteiger partial charge < -0.3 is 15.1 Å². The number of piperazine rings is 1. The Morgan fingerprint density at radius 1 is 1.05 bits per heavy atom. The maximum absolute atomic E-state index is 13.4. The van der Waals surface area contributed by atoms with Crippen LogP contribution >= 0.6 is 11.6 Å². The minimum Gasteiger partial charge on any atom is -0.336 e. The summed E-state index contributed by atoms with van der Waals surface area (Å²) < 4.78 is 13.2. The van der Waals surface area contributed by atoms with Crippen LogP contribution in [-0.2, 0) is 0 Å². The highest BCUT2D eigenvalue weighted by Crippen LogP contribution is 2.59. The molecule has 0 aromatic heterocycles. The van der Waals surface area contributed by atoms with Crippen LogP contribution in [0.3, 0.4) is 0 Å². The number of halogens is 2. The third kappa shape index (κ3) is 5.74. The smallest absolute Gasteiger partial charge is 0.322 e. The molecule has 2 atom stereocenters. The number of benzene rings is 2. The Kier molecular flexibility index (Phi) is 7.78. The van der Waals surface area contributed by atoms with E-state index in [-0.39, 0.29) is 17.8 Å². The van der Waals surface area contributed by atoms with Gasteiger partial charge in [-0.25, -0.2) is 9.18 Å². The van der Waals surface area contributed by atoms with Crippen molar-refractivity contribution in [2.24, 2.45) is 17.3 Å². The molecule has 1 saturated heterocycles. The van der Waals surface area contributed by atoms with E-state index >= 15 is 0 Å². The molecule has 3 aliphatic carbocycles. The standard InChI is InChI=1S/C30H36ClFN4O2/c1-30(2)23-6-3-22(27(30)19-23)20-36(29(38)33-26-11-7-24(31)8-12-26)18-15-34-13-16-35(17-14-34)28(37)21-4-9-25(32)10-5-21/h3-5,7-12,23,27H,6,13-20H2,1-2H3,(H,33,38). The summed E-state index contributed by atoms with van der Waals surface area (Å²) in [5, 5.41) is 3.67. The molecule has 3 amide bonds. The van der Waals surface area contributed by atoms with Gasteiger partial charge in [-0.2, -0.15) is 0 Å². The van der Waals surface area contributed by atoms with E-state index in [0.29, 0.717) is 48.1 Å². The SMILES string of the molecule is CC1(C)C2CC=C(CN(CCN3CCN(C(=O)c4ccc(F)cc4)CC3)C(=O)Nc3ccc(Cl)cc3)C1C2. The Labute approximate surface area is 229 Å². The summed E-state index contributed by atoms with van der Waals surface area (Å²) in [5.74, 6) is 0.870. The maximum atomic E-state index is 13.4. The van der Waals surface area contributed by atoms with Gasteiger partial charge in [0, 0.05) is 62.1 Å². The second-order valence-corrected chi connectivity index (χ2v) is 11.8. The van der Waals surface area contributed by atoms with Gasteiger partial charge in [-0.05, 0) is 78.6 Å². The normalized spacial score (nSPS) is 22.3. The molecule has 2 bridgehead atoms. The summed E-state index contributed by atoms with van der Waals surface area (Å²) in [6, 6.07) is 12.8. The number of amides is 3. The molecule has 4 aliphatic rings. The van der Waals surface area contributed by atoms with Crippen LogP contribution in [0.4, 0.5) is 14.9 Å². The Balaban J connectivity index is 1.19. The monoisotopic (exact) mass is 538 g/mol. The Morgan fingerprint density at radius 3 is 2.37 bits per heavy atom. The van der Waals surface area contributed by atoms with E-state index < -0.39 is 0 Å². The third-order valence-electron chi connectivity index (χ3n) is 8.78. The van der Waals surface area contributed by atoms with E-state index in [1.807, 2.05) is 21.9 Å². The molecule has 1 saturated carbocycles. The lowest BCUT2D eigenvalue weighted by Crippen LogP contribution is -2.52. The van der Waals surface area contributed by atoms with Gasteiger partial charge in [0.05, 0.1) is 0 Å². The molecule has 2 unspecified atom stereocenters. The summed E-state index contributed by atoms with van der Waals surface area (Å²) in [6.07, 6.45) is 4.66. The highest BCUT2D eigenvalue weighted by atomic mass is 35.5. The number of anilines is 1. The largest absolute Gasteiger partial charge is 0.336 e. The van der Waals surface area contributed by atoms with Crippen LogP contribution in [0, 0.1) is 23.1 Å². The van der Waals surface area contributed by atoms with Gasteiger partial charge in [0.2, 0.25) is 0 Å². The predicted octanol–water partition coefficient (Wildman–Crippen LogP) is 5.76. The van der Waals surface area contributed by atoms with Crippen molar-refractivity contribution in [2.45, 2.75) is 26.7 Å². The van der Waals surface area contributed by atoms with Crippen LogP contribution in [0.25, 0.3) is 0 Å². The van der Waals surface area contributed by atoms with Gasteiger partial charge in [-0.1, -0.05) is 37.1 Å². The van der Waals surface area contributed by atoms with Gasteiger partial charge in [0.15, 0.2) is 0 Å². The molecule has 1 N–H and O–H groups in total. The molecule has 2 fully saturated rings. The number of hydrogen-bond acceptors (Lipinski definition) is 3. The van der Waals surface area contributed by atoms with Crippen LogP contribution < -0.4 is 5.32 Å². The summed E-state index contributed by atoms with van der Waals surface area (Å²) in [4.78, 5) is 32.2. The minimum atomic E-state index is -0.347. The Bertz CT molecular complexity index is 1190. The number of hydrogen-bond donors (Lipinski definition) is 1. The van der Waals surface area contributed by atoms with Gasteiger partial charge in [0.1, 0.15) is 5.82 Å². The molecule has 2 aromatic carbocycles. The molecule has 0 radical (unpaired) electrons. The van der Waals surface area contributed by atoms with Crippen molar-refractivity contribution in [3.63, 3.8) is 0 Å². The average molecular weight is 539 g/mol. The Hall–Kier alpha value is -2.90. The molecule has 8 heteroatoms. The molecular weight excluding hydrogens is 503 g/mol. The van der Waals surface area contributed by atoms with Crippen molar-refractivity contribution < 1.29 is 14.0 Å². The zero-order chi connectivity index (χ0) is 26.9. The van der Waals surface area contributed by atoms with Gasteiger partial charge in [0.25, 0.3) is 5.91 Å². The highest BCUT2D eigenvalue weighted by molar-refractivity contribution is 6.30. The number of urea groups is 1. The van der Waals surface area contributed by atoms with Gasteiger partial charge >= 0.3 is 6.03 Å². The molecule has 1 heterocycles. The number of allylic oxidation sites excluding steroid dienone is 1. The average Bonchev–Trinajstić information content (AvgIpc) is 2.92. The van der Waals surface area contributed by atoms with E-state index in [0.717, 1.165) is 37.7 Å². The van der Waals surface area contributed by atoms with Crippen molar-refractivity contribution in [1.29, 1.82) is 0 Å². The fourth-order valence-corrected chi connectivity index (χ4v) is 6.20. The number of carbonyl (C=O) groups excluding carboxylic acids is 2. The predicted molar refractivity (Wildman–Crippen MR) is 149 cm³/mol. The van der Waals surface area contributed by atoms with Crippen molar-refractivity contribution in [2.75, 3.05) is 51.1 Å². The first kappa shape index (κ1) is 26.7. The van der Waals surface area contributed by atoms with Crippen LogP contribution in [0.1, 0.15) is 37.0 Å². The van der Waals surface area contributed by atoms with E-state index in [1.165, 1.54) is 36.3 Å². The Morgan fingerprint density at radius 2 is 1.74 bits per heavy atom. The highest BCUT2D eigenvalue weighted by Gasteiger charge is 2.51. The molecule has 1 aliphatic heterocycles. The van der Waals surface area contributed by atoms with E-state index in [9.17, 15) is 14.0 Å². The summed E-state index contributed by atoms with van der Waals surface area (Å²) in [6.45, 7) is 9.34. The lowest BCUT2D eigenvalue weighted by atomic mass is 9.49. The molecule has 0 spiro atoms. The minimum absolute atomic E-state index is 0.0701. The van der Waals surface area contributed by atoms with E-state index in [1.54, 1.807) is 12.1 Å². The van der Waals surface area contributed by atoms with E-state index in [4.69, 9.17) is 11.6 Å². The number of carbonyl (C=O) groups is 2. The maximum Gasteiger partial charge on any atom is 0.322 e. The lowest BCUT2D eigenvalue weighted by Gasteiger charge is -2.57. The van der Waals surface area contributed by atoms with Crippen molar-refractivity contribution >= 4 is 29.2 Å². The lowest BCUT2D eigenvalue weighted by molar-refractivity contribution is -0.00970. The quantitative estimate of drug-likeness (QED) is 0.456. The summed E-state index contributed by atoms with van der Waals surface area (Å²) in [5.41, 5.74) is 2.90. The molecule has 2 aromatic rings. The summed E-state index contributed by atoms with van der Waals surface area (Å²) in [7, 11) is 0. The second-order valence-electron chi connectivity index (χ2n) is 11.3. The molecule has 202 valence electrons. The number of rotatable bonds is 7. The molecule has 38 heavy (non-hydrogen) atoms. The van der Waals surface area contributed by atoms with Crippen LogP contribution in [0.15, 0.2) is 60.2 Å². The molecule has 6 nitrogen and oxygen atoms in total. The van der Waals surface area contributed by atoms with E-state index in [2.05, 4.69) is 30.1 Å². The van der Waals surface area contributed by atoms with Crippen molar-refractivity contribution in [1.82, 2.24) is 14.7 Å². The number of nitrogens with one attached hydrogen (secondary N) is 1. The molecule has 6 rings (SSSR count). The van der Waals surface area contributed by atoms with Gasteiger partial charge in [-0.15, -0.1) is 0 Å². The fourth-order valence-electron chi connectivity index (χ4n) is 6.08. The first-order valence-corrected chi connectivity index (χ1v) is 13.9. The van der Waals surface area contributed by atoms with Crippen molar-refractivity contribution in [3.05, 3.63) is 76.6 Å². The van der Waals surface area contributed by atoms with Crippen LogP contribution in [-0.4, -0.2) is 72.5 Å². The topological polar surface area (TPSA) is 55.9 Å². The number of fused-ring (bicyclic) bond motifs is 1. The first-order chi connectivity index (χ1) is 18.2. The zero-order valence-corrected chi connectivity index (χ0v) is 22.9. The van der Waals surface area contributed by atoms with Crippen LogP contribution in [0.5, 0.6) is 0 Å². The summed E-state index contributed by atoms with van der Waals surface area (Å²) >= 11 is 6.02. The van der Waals surface area contributed by atoms with Gasteiger partial charge in [-0.3, -0.25) is 9.69 Å². The van der Waals surface area contributed by atoms with Crippen molar-refractivity contribution in [3.8, 4) is 0 Å². The first-order valence-electron chi connectivity index (χ1n) is 13.5. The number of nitrogens with zero attached hydrogens (tertiary/aromatic N) is 3. The molecular formula is C30H36ClFN4O2. The van der Waals surface area contributed by atoms with Crippen LogP contribution in [0.2, 0.25) is 5.02 Å². The second kappa shape index (κ2) is 11.1. The zero-order valence-electron chi connectivity index (χ0n) is 22.1.